The molecule has 0 saturated carbocycles. The minimum atomic E-state index is -3.90. The third kappa shape index (κ3) is 2.21. The molecule has 1 aromatic rings. The number of anilines is 1. The maximum absolute atomic E-state index is 11.2. The molecule has 0 aliphatic heterocycles. The number of hydrogen-bond acceptors (Lipinski definition) is 6. The summed E-state index contributed by atoms with van der Waals surface area (Å²) in [5.74, 6) is 4.76. The van der Waals surface area contributed by atoms with Gasteiger partial charge in [0.05, 0.1) is 9.82 Å². The highest BCUT2D eigenvalue weighted by Crippen LogP contribution is 2.24. The number of nitro groups is 1. The fourth-order valence-electron chi connectivity index (χ4n) is 0.917. The van der Waals surface area contributed by atoms with Crippen LogP contribution in [0.25, 0.3) is 0 Å². The molecule has 0 aromatic heterocycles. The number of nitrogens with zero attached hydrogens (tertiary/aromatic N) is 1. The summed E-state index contributed by atoms with van der Waals surface area (Å²) in [5.41, 5.74) is 4.69. The van der Waals surface area contributed by atoms with Crippen LogP contribution in [0.1, 0.15) is 0 Å². The number of nitrogens with two attached hydrogens (primary N) is 2. The van der Waals surface area contributed by atoms with E-state index in [1.807, 2.05) is 0 Å². The van der Waals surface area contributed by atoms with Gasteiger partial charge in [-0.3, -0.25) is 16.0 Å². The van der Waals surface area contributed by atoms with Gasteiger partial charge in [-0.15, -0.1) is 0 Å². The standard InChI is InChI=1S/C6H8N4O4S/c7-5-2-1-4(15(13,14)9-8)3-6(5)10(11)12/h1-3,9H,7-8H2. The Balaban J connectivity index is 3.38. The highest BCUT2D eigenvalue weighted by molar-refractivity contribution is 7.89. The Labute approximate surface area is 85.0 Å². The van der Waals surface area contributed by atoms with Crippen molar-refractivity contribution >= 4 is 21.4 Å². The lowest BCUT2D eigenvalue weighted by Gasteiger charge is -2.02. The van der Waals surface area contributed by atoms with Gasteiger partial charge >= 0.3 is 0 Å². The summed E-state index contributed by atoms with van der Waals surface area (Å²) in [4.78, 5) is 10.9. The first kappa shape index (κ1) is 11.4. The molecule has 0 amide bonds. The van der Waals surface area contributed by atoms with E-state index in [1.54, 1.807) is 4.83 Å². The highest BCUT2D eigenvalue weighted by atomic mass is 32.2. The zero-order valence-corrected chi connectivity index (χ0v) is 8.19. The molecular formula is C6H8N4O4S. The smallest absolute Gasteiger partial charge is 0.293 e. The van der Waals surface area contributed by atoms with Crippen LogP contribution < -0.4 is 16.4 Å². The van der Waals surface area contributed by atoms with E-state index < -0.39 is 20.6 Å². The molecule has 0 unspecified atom stereocenters. The van der Waals surface area contributed by atoms with Crippen LogP contribution in [-0.4, -0.2) is 13.3 Å². The van der Waals surface area contributed by atoms with E-state index in [9.17, 15) is 18.5 Å². The molecule has 0 saturated heterocycles. The van der Waals surface area contributed by atoms with Crippen molar-refractivity contribution in [3.63, 3.8) is 0 Å². The minimum Gasteiger partial charge on any atom is -0.393 e. The lowest BCUT2D eigenvalue weighted by atomic mass is 10.3. The highest BCUT2D eigenvalue weighted by Gasteiger charge is 2.18. The van der Waals surface area contributed by atoms with Crippen LogP contribution in [-0.2, 0) is 10.0 Å². The fourth-order valence-corrected chi connectivity index (χ4v) is 1.57. The largest absolute Gasteiger partial charge is 0.393 e. The number of nitro benzene ring substituents is 1. The maximum Gasteiger partial charge on any atom is 0.293 e. The van der Waals surface area contributed by atoms with Crippen LogP contribution in [0.3, 0.4) is 0 Å². The molecule has 0 bridgehead atoms. The Morgan fingerprint density at radius 3 is 2.47 bits per heavy atom. The molecule has 82 valence electrons. The molecule has 9 heteroatoms. The van der Waals surface area contributed by atoms with Gasteiger partial charge in [0, 0.05) is 6.07 Å². The van der Waals surface area contributed by atoms with Gasteiger partial charge in [0.2, 0.25) is 0 Å². The lowest BCUT2D eigenvalue weighted by Crippen LogP contribution is -2.30. The quantitative estimate of drug-likeness (QED) is 0.273. The molecule has 15 heavy (non-hydrogen) atoms. The summed E-state index contributed by atoms with van der Waals surface area (Å²) < 4.78 is 22.4. The zero-order chi connectivity index (χ0) is 11.6. The number of rotatable bonds is 3. The Morgan fingerprint density at radius 2 is 2.00 bits per heavy atom. The minimum absolute atomic E-state index is 0.115. The maximum atomic E-state index is 11.2. The van der Waals surface area contributed by atoms with Crippen molar-refractivity contribution in [3.05, 3.63) is 28.3 Å². The van der Waals surface area contributed by atoms with E-state index >= 15 is 0 Å². The summed E-state index contributed by atoms with van der Waals surface area (Å²) in [5, 5.41) is 10.5. The summed E-state index contributed by atoms with van der Waals surface area (Å²) in [7, 11) is -3.90. The van der Waals surface area contributed by atoms with Gasteiger partial charge in [0.1, 0.15) is 5.69 Å². The molecule has 0 heterocycles. The second-order valence-corrected chi connectivity index (χ2v) is 4.31. The van der Waals surface area contributed by atoms with Gasteiger partial charge in [0.15, 0.2) is 0 Å². The number of nitrogen functional groups attached to an aromatic ring is 1. The third-order valence-corrected chi connectivity index (χ3v) is 2.85. The molecule has 1 rings (SSSR count). The van der Waals surface area contributed by atoms with Crippen molar-refractivity contribution < 1.29 is 13.3 Å². The average Bonchev–Trinajstić information content (AvgIpc) is 2.17. The fraction of sp³-hybridized carbons (Fsp3) is 0. The van der Waals surface area contributed by atoms with E-state index in [4.69, 9.17) is 11.6 Å². The Kier molecular flexibility index (Phi) is 2.88. The van der Waals surface area contributed by atoms with E-state index in [1.165, 1.54) is 0 Å². The van der Waals surface area contributed by atoms with E-state index in [-0.39, 0.29) is 10.6 Å². The average molecular weight is 232 g/mol. The molecule has 8 nitrogen and oxygen atoms in total. The Hall–Kier alpha value is -1.71. The van der Waals surface area contributed by atoms with Crippen LogP contribution >= 0.6 is 0 Å². The Bertz CT molecular complexity index is 498. The van der Waals surface area contributed by atoms with Crippen LogP contribution in [0.4, 0.5) is 11.4 Å². The number of hydrogen-bond donors (Lipinski definition) is 3. The second kappa shape index (κ2) is 3.81. The monoisotopic (exact) mass is 232 g/mol. The van der Waals surface area contributed by atoms with Gasteiger partial charge in [-0.25, -0.2) is 8.42 Å². The van der Waals surface area contributed by atoms with Gasteiger partial charge in [-0.05, 0) is 12.1 Å². The van der Waals surface area contributed by atoms with Gasteiger partial charge in [0.25, 0.3) is 15.7 Å². The van der Waals surface area contributed by atoms with Gasteiger partial charge in [-0.2, -0.15) is 4.83 Å². The number of nitrogens with one attached hydrogen (secondary N) is 1. The number of sulfonamides is 1. The van der Waals surface area contributed by atoms with Crippen LogP contribution in [0.5, 0.6) is 0 Å². The van der Waals surface area contributed by atoms with Crippen molar-refractivity contribution in [1.82, 2.24) is 4.83 Å². The van der Waals surface area contributed by atoms with E-state index in [2.05, 4.69) is 0 Å². The van der Waals surface area contributed by atoms with E-state index in [0.717, 1.165) is 18.2 Å². The first-order chi connectivity index (χ1) is 6.88. The summed E-state index contributed by atoms with van der Waals surface area (Å²) in [6.45, 7) is 0. The number of benzene rings is 1. The van der Waals surface area contributed by atoms with Crippen molar-refractivity contribution in [2.24, 2.45) is 5.84 Å². The van der Waals surface area contributed by atoms with Crippen molar-refractivity contribution in [1.29, 1.82) is 0 Å². The van der Waals surface area contributed by atoms with Crippen molar-refractivity contribution in [2.75, 3.05) is 5.73 Å². The Morgan fingerprint density at radius 1 is 1.40 bits per heavy atom. The van der Waals surface area contributed by atoms with Crippen molar-refractivity contribution in [2.45, 2.75) is 4.90 Å². The van der Waals surface area contributed by atoms with Crippen LogP contribution in [0, 0.1) is 10.1 Å². The molecule has 0 radical (unpaired) electrons. The van der Waals surface area contributed by atoms with Gasteiger partial charge in [-0.1, -0.05) is 0 Å². The molecule has 0 fully saturated rings. The van der Waals surface area contributed by atoms with Crippen molar-refractivity contribution in [3.8, 4) is 0 Å². The third-order valence-electron chi connectivity index (χ3n) is 1.66. The zero-order valence-electron chi connectivity index (χ0n) is 7.38. The first-order valence-electron chi connectivity index (χ1n) is 3.65. The van der Waals surface area contributed by atoms with E-state index in [0.29, 0.717) is 0 Å². The molecule has 0 spiro atoms. The first-order valence-corrected chi connectivity index (χ1v) is 5.13. The topological polar surface area (TPSA) is 141 Å². The molecule has 0 aliphatic carbocycles. The molecule has 0 aliphatic rings. The molecule has 1 aromatic carbocycles. The number of hydrazine groups is 1. The molecular weight excluding hydrogens is 224 g/mol. The normalized spacial score (nSPS) is 11.3. The predicted octanol–water partition coefficient (Wildman–Crippen LogP) is -0.671. The predicted molar refractivity (Wildman–Crippen MR) is 52.0 cm³/mol. The van der Waals surface area contributed by atoms with Gasteiger partial charge < -0.3 is 5.73 Å². The second-order valence-electron chi connectivity index (χ2n) is 2.60. The summed E-state index contributed by atoms with van der Waals surface area (Å²) in [6, 6.07) is 3.09. The van der Waals surface area contributed by atoms with Crippen LogP contribution in [0.15, 0.2) is 23.1 Å². The van der Waals surface area contributed by atoms with Crippen LogP contribution in [0.2, 0.25) is 0 Å². The SMILES string of the molecule is NNS(=O)(=O)c1ccc(N)c([N+](=O)[O-])c1. The molecule has 0 atom stereocenters. The summed E-state index contributed by atoms with van der Waals surface area (Å²) >= 11 is 0. The summed E-state index contributed by atoms with van der Waals surface area (Å²) in [6.07, 6.45) is 0. The molecule has 5 N–H and O–H groups in total. The lowest BCUT2D eigenvalue weighted by molar-refractivity contribution is -0.384.